The van der Waals surface area contributed by atoms with Crippen molar-refractivity contribution < 1.29 is 0 Å². The van der Waals surface area contributed by atoms with Crippen LogP contribution in [0, 0.1) is 0 Å². The Kier molecular flexibility index (Phi) is 19.3. The van der Waals surface area contributed by atoms with E-state index in [1.165, 1.54) is 50.1 Å². The molecule has 2 aromatic heterocycles. The Balaban J connectivity index is 0.000000158. The molecule has 0 saturated heterocycles. The molecule has 508 valence electrons. The van der Waals surface area contributed by atoms with Crippen LogP contribution in [0.3, 0.4) is 0 Å². The Labute approximate surface area is 630 Å². The van der Waals surface area contributed by atoms with Gasteiger partial charge in [-0.25, -0.2) is 29.9 Å². The van der Waals surface area contributed by atoms with Crippen molar-refractivity contribution >= 4 is 0 Å². The van der Waals surface area contributed by atoms with E-state index in [-0.39, 0.29) is 0 Å². The molecule has 0 amide bonds. The highest BCUT2D eigenvalue weighted by Gasteiger charge is 2.20. The Bertz CT molecular complexity index is 5850. The van der Waals surface area contributed by atoms with Crippen LogP contribution in [0.1, 0.15) is 0 Å². The second kappa shape index (κ2) is 31.2. The first-order valence-electron chi connectivity index (χ1n) is 36.4. The summed E-state index contributed by atoms with van der Waals surface area (Å²) >= 11 is 0. The highest BCUT2D eigenvalue weighted by atomic mass is 15.0. The molecule has 0 spiro atoms. The molecule has 18 rings (SSSR count). The average molecular weight is 1380 g/mol. The van der Waals surface area contributed by atoms with Crippen molar-refractivity contribution in [1.29, 1.82) is 0 Å². The second-order valence-corrected chi connectivity index (χ2v) is 26.6. The Morgan fingerprint density at radius 2 is 0.241 bits per heavy atom. The predicted molar refractivity (Wildman–Crippen MR) is 447 cm³/mol. The Hall–Kier alpha value is -14.5. The molecule has 0 fully saturated rings. The second-order valence-electron chi connectivity index (χ2n) is 26.6. The first-order chi connectivity index (χ1) is 53.5. The fraction of sp³-hybridized carbons (Fsp3) is 0. The quantitative estimate of drug-likeness (QED) is 0.0959. The van der Waals surface area contributed by atoms with Gasteiger partial charge in [0.2, 0.25) is 0 Å². The van der Waals surface area contributed by atoms with Crippen LogP contribution in [-0.4, -0.2) is 29.9 Å². The van der Waals surface area contributed by atoms with Crippen LogP contribution in [-0.2, 0) is 0 Å². The number of rotatable bonds is 16. The predicted octanol–water partition coefficient (Wildman–Crippen LogP) is 26.4. The van der Waals surface area contributed by atoms with Gasteiger partial charge in [-0.15, -0.1) is 0 Å². The molecule has 0 N–H and O–H groups in total. The minimum Gasteiger partial charge on any atom is -0.208 e. The van der Waals surface area contributed by atoms with Crippen molar-refractivity contribution in [1.82, 2.24) is 29.9 Å². The van der Waals surface area contributed by atoms with Crippen molar-refractivity contribution in [2.75, 3.05) is 0 Å². The number of benzene rings is 16. The SMILES string of the molecule is c1ccc(-c2ccc(-c3cc(-c4ccc(-c5ccccc5)cc4)cc(-c4nc(-c5ccccc5)nc(-c5ccc(-c6ccccc6)cc5)n4)c3)cc2)cc1.c1ccc(-c2ccc(-c3cc(-c4ccc(-c5ccccc5)cc4)cc(-c4nc(-c5ccccc5)nc(-c5ccccc5-c5ccccc5)n4)c3)cc2)cc1. The summed E-state index contributed by atoms with van der Waals surface area (Å²) in [6, 6.07) is 148. The number of hydrogen-bond donors (Lipinski definition) is 0. The molecular formula is C102H70N6. The average Bonchev–Trinajstić information content (AvgIpc) is 0.798. The van der Waals surface area contributed by atoms with Gasteiger partial charge in [-0.1, -0.05) is 388 Å². The maximum absolute atomic E-state index is 5.24. The number of hydrogen-bond acceptors (Lipinski definition) is 6. The Morgan fingerprint density at radius 1 is 0.0926 bits per heavy atom. The molecule has 6 nitrogen and oxygen atoms in total. The zero-order valence-electron chi connectivity index (χ0n) is 59.1. The standard InChI is InChI=1S/2C51H35N3/c1-5-15-36(16-6-1)38-25-29-40(30-26-38)44-33-45(41-31-27-39(28-32-41)37-17-7-2-8-18-37)35-46(34-44)50-52-49(43-21-11-4-12-22-43)53-51(54-50)48-24-14-13-23-47(48)42-19-9-3-10-20-42;1-5-13-36(14-6-1)39-21-25-42(26-22-39)46-33-47(43-27-23-40(24-28-43)37-15-7-2-8-16-37)35-48(34-46)51-53-49(44-19-11-4-12-20-44)52-50(54-51)45-31-29-41(30-32-45)38-17-9-3-10-18-38/h2*1-35H. The lowest BCUT2D eigenvalue weighted by atomic mass is 9.93. The van der Waals surface area contributed by atoms with Gasteiger partial charge >= 0.3 is 0 Å². The summed E-state index contributed by atoms with van der Waals surface area (Å²) in [6.45, 7) is 0. The van der Waals surface area contributed by atoms with Crippen molar-refractivity contribution in [3.8, 4) is 180 Å². The van der Waals surface area contributed by atoms with E-state index in [1.54, 1.807) is 0 Å². The summed E-state index contributed by atoms with van der Waals surface area (Å²) in [4.78, 5) is 30.8. The van der Waals surface area contributed by atoms with Crippen LogP contribution >= 0.6 is 0 Å². The number of aromatic nitrogens is 6. The highest BCUT2D eigenvalue weighted by Crippen LogP contribution is 2.40. The summed E-state index contributed by atoms with van der Waals surface area (Å²) in [7, 11) is 0. The van der Waals surface area contributed by atoms with Crippen molar-refractivity contribution in [3.05, 3.63) is 425 Å². The summed E-state index contributed by atoms with van der Waals surface area (Å²) in [5.41, 5.74) is 28.4. The molecule has 0 saturated carbocycles. The number of nitrogens with zero attached hydrogens (tertiary/aromatic N) is 6. The molecule has 0 bridgehead atoms. The molecule has 6 heteroatoms. The third kappa shape index (κ3) is 15.2. The molecule has 0 radical (unpaired) electrons. The molecule has 16 aromatic carbocycles. The lowest BCUT2D eigenvalue weighted by Gasteiger charge is -2.14. The summed E-state index contributed by atoms with van der Waals surface area (Å²) < 4.78 is 0. The van der Waals surface area contributed by atoms with E-state index in [1.807, 2.05) is 91.0 Å². The minimum absolute atomic E-state index is 0.617. The molecule has 18 aromatic rings. The van der Waals surface area contributed by atoms with Gasteiger partial charge in [-0.05, 0) is 148 Å². The van der Waals surface area contributed by atoms with Gasteiger partial charge in [-0.2, -0.15) is 0 Å². The largest absolute Gasteiger partial charge is 0.208 e. The third-order valence-corrected chi connectivity index (χ3v) is 19.5. The molecule has 0 aliphatic carbocycles. The van der Waals surface area contributed by atoms with Gasteiger partial charge in [0, 0.05) is 33.4 Å². The van der Waals surface area contributed by atoms with E-state index in [4.69, 9.17) is 29.9 Å². The molecule has 0 unspecified atom stereocenters. The molecule has 0 atom stereocenters. The van der Waals surface area contributed by atoms with Gasteiger partial charge in [-0.3, -0.25) is 0 Å². The first-order valence-corrected chi connectivity index (χ1v) is 36.4. The zero-order valence-corrected chi connectivity index (χ0v) is 59.1. The van der Waals surface area contributed by atoms with Crippen LogP contribution in [0.15, 0.2) is 425 Å². The molecule has 108 heavy (non-hydrogen) atoms. The van der Waals surface area contributed by atoms with E-state index in [9.17, 15) is 0 Å². The molecule has 0 aliphatic heterocycles. The first kappa shape index (κ1) is 66.8. The van der Waals surface area contributed by atoms with Crippen LogP contribution in [0.5, 0.6) is 0 Å². The highest BCUT2D eigenvalue weighted by molar-refractivity contribution is 5.87. The monoisotopic (exact) mass is 1380 g/mol. The van der Waals surface area contributed by atoms with Crippen molar-refractivity contribution in [2.45, 2.75) is 0 Å². The van der Waals surface area contributed by atoms with E-state index in [2.05, 4.69) is 334 Å². The van der Waals surface area contributed by atoms with E-state index in [0.717, 1.165) is 94.6 Å². The fourth-order valence-corrected chi connectivity index (χ4v) is 13.8. The molecular weight excluding hydrogens is 1310 g/mol. The van der Waals surface area contributed by atoms with Gasteiger partial charge < -0.3 is 0 Å². The van der Waals surface area contributed by atoms with Crippen LogP contribution in [0.4, 0.5) is 0 Å². The van der Waals surface area contributed by atoms with E-state index >= 15 is 0 Å². The van der Waals surface area contributed by atoms with Crippen LogP contribution < -0.4 is 0 Å². The Morgan fingerprint density at radius 3 is 0.491 bits per heavy atom. The van der Waals surface area contributed by atoms with Crippen LogP contribution in [0.2, 0.25) is 0 Å². The minimum atomic E-state index is 0.617. The van der Waals surface area contributed by atoms with E-state index < -0.39 is 0 Å². The summed E-state index contributed by atoms with van der Waals surface area (Å²) in [5.74, 6) is 3.76. The zero-order chi connectivity index (χ0) is 72.2. The maximum Gasteiger partial charge on any atom is 0.164 e. The maximum atomic E-state index is 5.24. The topological polar surface area (TPSA) is 77.3 Å². The lowest BCUT2D eigenvalue weighted by Crippen LogP contribution is -2.01. The third-order valence-electron chi connectivity index (χ3n) is 19.5. The van der Waals surface area contributed by atoms with Crippen molar-refractivity contribution in [2.24, 2.45) is 0 Å². The van der Waals surface area contributed by atoms with Crippen LogP contribution in [0.25, 0.3) is 180 Å². The van der Waals surface area contributed by atoms with Gasteiger partial charge in [0.25, 0.3) is 0 Å². The molecule has 0 aliphatic rings. The molecule has 2 heterocycles. The normalized spacial score (nSPS) is 11.0. The lowest BCUT2D eigenvalue weighted by molar-refractivity contribution is 1.07. The summed E-state index contributed by atoms with van der Waals surface area (Å²) in [6.07, 6.45) is 0. The van der Waals surface area contributed by atoms with Crippen molar-refractivity contribution in [3.63, 3.8) is 0 Å². The summed E-state index contributed by atoms with van der Waals surface area (Å²) in [5, 5.41) is 0. The smallest absolute Gasteiger partial charge is 0.164 e. The fourth-order valence-electron chi connectivity index (χ4n) is 13.8. The van der Waals surface area contributed by atoms with Gasteiger partial charge in [0.1, 0.15) is 0 Å². The van der Waals surface area contributed by atoms with E-state index in [0.29, 0.717) is 34.9 Å². The van der Waals surface area contributed by atoms with Gasteiger partial charge in [0.15, 0.2) is 34.9 Å². The van der Waals surface area contributed by atoms with Gasteiger partial charge in [0.05, 0.1) is 0 Å².